The van der Waals surface area contributed by atoms with Gasteiger partial charge in [-0.3, -0.25) is 22.9 Å². The summed E-state index contributed by atoms with van der Waals surface area (Å²) in [5.41, 5.74) is 0.495. The minimum atomic E-state index is -4.44. The number of hydrogen-bond acceptors (Lipinski definition) is 3. The molecule has 3 heterocycles. The fourth-order valence-corrected chi connectivity index (χ4v) is 3.65. The molecule has 0 saturated heterocycles. The van der Waals surface area contributed by atoms with Gasteiger partial charge in [0.2, 0.25) is 5.78 Å². The largest absolute Gasteiger partial charge is 0.416 e. The normalized spacial score (nSPS) is 12.2. The number of nitrogens with zero attached hydrogens (tertiary/aromatic N) is 5. The average Bonchev–Trinajstić information content (AvgIpc) is 3.19. The second-order valence-corrected chi connectivity index (χ2v) is 7.02. The van der Waals surface area contributed by atoms with Crippen LogP contribution in [0.2, 0.25) is 0 Å². The van der Waals surface area contributed by atoms with Crippen LogP contribution < -0.4 is 11.2 Å². The van der Waals surface area contributed by atoms with Crippen molar-refractivity contribution in [3.63, 3.8) is 0 Å². The molecule has 7 nitrogen and oxygen atoms in total. The van der Waals surface area contributed by atoms with Gasteiger partial charge >= 0.3 is 11.9 Å². The fourth-order valence-electron chi connectivity index (χ4n) is 3.65. The number of imidazole rings is 2. The molecule has 0 N–H and O–H groups in total. The number of allylic oxidation sites excluding steroid dienone is 1. The molecule has 0 unspecified atom stereocenters. The van der Waals surface area contributed by atoms with Crippen molar-refractivity contribution in [2.75, 3.05) is 0 Å². The van der Waals surface area contributed by atoms with Gasteiger partial charge in [-0.2, -0.15) is 18.2 Å². The van der Waals surface area contributed by atoms with Crippen molar-refractivity contribution in [3.8, 4) is 5.69 Å². The SMILES string of the molecule is C=CCn1c(=O)c2c(nc3n(-c4ccc(C(F)(F)F)cc4)c(C)c(C)n23)n(C)c1=O. The van der Waals surface area contributed by atoms with Crippen molar-refractivity contribution in [2.45, 2.75) is 26.6 Å². The van der Waals surface area contributed by atoms with Crippen molar-refractivity contribution in [1.82, 2.24) is 23.1 Å². The fraction of sp³-hybridized carbons (Fsp3) is 0.250. The van der Waals surface area contributed by atoms with Crippen LogP contribution >= 0.6 is 0 Å². The number of aryl methyl sites for hydroxylation is 2. The van der Waals surface area contributed by atoms with Crippen molar-refractivity contribution in [3.05, 3.63) is 74.7 Å². The van der Waals surface area contributed by atoms with Gasteiger partial charge in [-0.15, -0.1) is 6.58 Å². The highest BCUT2D eigenvalue weighted by atomic mass is 19.4. The van der Waals surface area contributed by atoms with Crippen LogP contribution in [0.25, 0.3) is 22.6 Å². The van der Waals surface area contributed by atoms with Crippen LogP contribution in [0.3, 0.4) is 0 Å². The lowest BCUT2D eigenvalue weighted by Gasteiger charge is -2.10. The molecule has 1 aromatic carbocycles. The van der Waals surface area contributed by atoms with E-state index in [4.69, 9.17) is 0 Å². The van der Waals surface area contributed by atoms with Gasteiger partial charge in [0.25, 0.3) is 5.56 Å². The molecule has 156 valence electrons. The summed E-state index contributed by atoms with van der Waals surface area (Å²) in [5.74, 6) is 0.336. The highest BCUT2D eigenvalue weighted by Crippen LogP contribution is 2.31. The number of alkyl halides is 3. The molecular formula is C20H18F3N5O2. The Balaban J connectivity index is 2.09. The zero-order valence-corrected chi connectivity index (χ0v) is 16.5. The van der Waals surface area contributed by atoms with Crippen molar-refractivity contribution < 1.29 is 13.2 Å². The van der Waals surface area contributed by atoms with Gasteiger partial charge < -0.3 is 0 Å². The van der Waals surface area contributed by atoms with E-state index in [9.17, 15) is 22.8 Å². The molecule has 10 heteroatoms. The minimum absolute atomic E-state index is 0.0479. The summed E-state index contributed by atoms with van der Waals surface area (Å²) in [6.07, 6.45) is -2.98. The summed E-state index contributed by atoms with van der Waals surface area (Å²) in [5, 5.41) is 0. The maximum Gasteiger partial charge on any atom is 0.416 e. The first-order valence-electron chi connectivity index (χ1n) is 9.06. The molecule has 0 amide bonds. The molecule has 30 heavy (non-hydrogen) atoms. The van der Waals surface area contributed by atoms with Crippen LogP contribution in [0.15, 0.2) is 46.5 Å². The predicted molar refractivity (Wildman–Crippen MR) is 106 cm³/mol. The Kier molecular flexibility index (Phi) is 4.26. The van der Waals surface area contributed by atoms with Crippen LogP contribution in [0.4, 0.5) is 13.2 Å². The molecule has 3 aromatic heterocycles. The Bertz CT molecular complexity index is 1430. The van der Waals surface area contributed by atoms with Gasteiger partial charge in [0, 0.05) is 30.7 Å². The summed E-state index contributed by atoms with van der Waals surface area (Å²) in [4.78, 5) is 30.1. The van der Waals surface area contributed by atoms with Crippen LogP contribution in [0, 0.1) is 13.8 Å². The smallest absolute Gasteiger partial charge is 0.283 e. The van der Waals surface area contributed by atoms with E-state index in [1.165, 1.54) is 29.8 Å². The summed E-state index contributed by atoms with van der Waals surface area (Å²) < 4.78 is 44.4. The van der Waals surface area contributed by atoms with Crippen LogP contribution in [-0.4, -0.2) is 23.1 Å². The Morgan fingerprint density at radius 3 is 2.30 bits per heavy atom. The molecule has 0 aliphatic carbocycles. The molecular weight excluding hydrogens is 399 g/mol. The summed E-state index contributed by atoms with van der Waals surface area (Å²) in [6.45, 7) is 7.20. The maximum atomic E-state index is 13.0. The van der Waals surface area contributed by atoms with E-state index in [0.717, 1.165) is 16.7 Å². The first-order valence-corrected chi connectivity index (χ1v) is 9.06. The van der Waals surface area contributed by atoms with Crippen molar-refractivity contribution in [1.29, 1.82) is 0 Å². The molecule has 0 bridgehead atoms. The molecule has 0 spiro atoms. The Hall–Kier alpha value is -3.56. The molecule has 0 fully saturated rings. The molecule has 4 aromatic rings. The number of halogens is 3. The number of fused-ring (bicyclic) bond motifs is 3. The average molecular weight is 417 g/mol. The van der Waals surface area contributed by atoms with Crippen molar-refractivity contribution >= 4 is 16.9 Å². The van der Waals surface area contributed by atoms with Crippen LogP contribution in [0.1, 0.15) is 17.0 Å². The number of benzene rings is 1. The van der Waals surface area contributed by atoms with Crippen LogP contribution in [0.5, 0.6) is 0 Å². The highest BCUT2D eigenvalue weighted by molar-refractivity contribution is 5.77. The third kappa shape index (κ3) is 2.63. The van der Waals surface area contributed by atoms with E-state index in [2.05, 4.69) is 11.6 Å². The van der Waals surface area contributed by atoms with E-state index in [1.54, 1.807) is 22.8 Å². The van der Waals surface area contributed by atoms with E-state index in [-0.39, 0.29) is 17.7 Å². The number of rotatable bonds is 3. The molecule has 0 atom stereocenters. The van der Waals surface area contributed by atoms with E-state index >= 15 is 0 Å². The monoisotopic (exact) mass is 417 g/mol. The third-order valence-electron chi connectivity index (χ3n) is 5.28. The second-order valence-electron chi connectivity index (χ2n) is 7.02. The van der Waals surface area contributed by atoms with Gasteiger partial charge in [-0.25, -0.2) is 4.79 Å². The van der Waals surface area contributed by atoms with Gasteiger partial charge in [-0.1, -0.05) is 6.08 Å². The number of aromatic nitrogens is 5. The standard InChI is InChI=1S/C20H18F3N5O2/c1-5-10-26-17(29)15-16(25(4)19(26)30)24-18-27(11(2)12(3)28(15)18)14-8-6-13(7-9-14)20(21,22)23/h5-9H,1,10H2,2-4H3. The lowest BCUT2D eigenvalue weighted by molar-refractivity contribution is -0.137. The lowest BCUT2D eigenvalue weighted by Crippen LogP contribution is -2.39. The lowest BCUT2D eigenvalue weighted by atomic mass is 10.2. The first kappa shape index (κ1) is 19.7. The predicted octanol–water partition coefficient (Wildman–Crippen LogP) is 2.96. The van der Waals surface area contributed by atoms with Crippen molar-refractivity contribution in [2.24, 2.45) is 7.05 Å². The van der Waals surface area contributed by atoms with E-state index in [1.807, 2.05) is 0 Å². The van der Waals surface area contributed by atoms with E-state index in [0.29, 0.717) is 22.9 Å². The summed E-state index contributed by atoms with van der Waals surface area (Å²) in [7, 11) is 1.51. The second kappa shape index (κ2) is 6.48. The molecule has 0 aliphatic rings. The Labute approximate surface area is 167 Å². The maximum absolute atomic E-state index is 13.0. The zero-order chi connectivity index (χ0) is 22.0. The number of hydrogen-bond donors (Lipinski definition) is 0. The van der Waals surface area contributed by atoms with Gasteiger partial charge in [0.15, 0.2) is 11.2 Å². The van der Waals surface area contributed by atoms with E-state index < -0.39 is 23.0 Å². The van der Waals surface area contributed by atoms with Gasteiger partial charge in [0.05, 0.1) is 5.56 Å². The summed E-state index contributed by atoms with van der Waals surface area (Å²) >= 11 is 0. The topological polar surface area (TPSA) is 66.2 Å². The Morgan fingerprint density at radius 2 is 1.73 bits per heavy atom. The van der Waals surface area contributed by atoms with Gasteiger partial charge in [0.1, 0.15) is 0 Å². The Morgan fingerprint density at radius 1 is 1.10 bits per heavy atom. The molecule has 0 aliphatic heterocycles. The molecule has 0 saturated carbocycles. The van der Waals surface area contributed by atoms with Gasteiger partial charge in [-0.05, 0) is 38.1 Å². The van der Waals surface area contributed by atoms with Crippen LogP contribution in [-0.2, 0) is 19.8 Å². The molecule has 0 radical (unpaired) electrons. The first-order chi connectivity index (χ1) is 14.1. The quantitative estimate of drug-likeness (QED) is 0.482. The third-order valence-corrected chi connectivity index (χ3v) is 5.28. The minimum Gasteiger partial charge on any atom is -0.283 e. The zero-order valence-electron chi connectivity index (χ0n) is 16.5. The highest BCUT2D eigenvalue weighted by Gasteiger charge is 2.30. The summed E-state index contributed by atoms with van der Waals surface area (Å²) in [6, 6.07) is 4.69. The molecule has 4 rings (SSSR count).